The van der Waals surface area contributed by atoms with Crippen molar-refractivity contribution in [1.82, 2.24) is 0 Å². The van der Waals surface area contributed by atoms with Crippen molar-refractivity contribution in [2.24, 2.45) is 11.8 Å². The average Bonchev–Trinajstić information content (AvgIpc) is 2.32. The Hall–Kier alpha value is -0.630. The number of thiol groups is 1. The fourth-order valence-electron chi connectivity index (χ4n) is 1.70. The van der Waals surface area contributed by atoms with Crippen LogP contribution in [0.25, 0.3) is 0 Å². The molecule has 0 bridgehead atoms. The Balaban J connectivity index is 2.46. The average molecular weight is 252 g/mol. The van der Waals surface area contributed by atoms with E-state index in [-0.39, 0.29) is 0 Å². The third kappa shape index (κ3) is 5.03. The molecule has 0 N–H and O–H groups in total. The number of hydrogen-bond donors (Lipinski definition) is 1. The summed E-state index contributed by atoms with van der Waals surface area (Å²) in [4.78, 5) is 0. The first kappa shape index (κ1) is 14.4. The number of benzene rings is 1. The van der Waals surface area contributed by atoms with Crippen molar-refractivity contribution in [3.63, 3.8) is 0 Å². The first-order chi connectivity index (χ1) is 8.17. The number of hydrogen-bond acceptors (Lipinski definition) is 2. The van der Waals surface area contributed by atoms with Gasteiger partial charge in [0.05, 0.1) is 6.61 Å². The van der Waals surface area contributed by atoms with Crippen molar-refractivity contribution >= 4 is 12.6 Å². The second kappa shape index (κ2) is 7.65. The van der Waals surface area contributed by atoms with Crippen LogP contribution in [0.5, 0.6) is 5.75 Å². The minimum atomic E-state index is 0.522. The lowest BCUT2D eigenvalue weighted by atomic mass is 9.99. The van der Waals surface area contributed by atoms with Gasteiger partial charge in [-0.25, -0.2) is 0 Å². The minimum absolute atomic E-state index is 0.522. The molecule has 1 aromatic carbocycles. The molecular formula is C15H24OS. The van der Waals surface area contributed by atoms with E-state index in [0.717, 1.165) is 24.5 Å². The van der Waals surface area contributed by atoms with Gasteiger partial charge in [0.15, 0.2) is 0 Å². The molecule has 17 heavy (non-hydrogen) atoms. The molecule has 1 nitrogen and oxygen atoms in total. The summed E-state index contributed by atoms with van der Waals surface area (Å²) in [5.41, 5.74) is 1.38. The van der Waals surface area contributed by atoms with E-state index in [2.05, 4.69) is 57.7 Å². The van der Waals surface area contributed by atoms with Gasteiger partial charge in [-0.3, -0.25) is 0 Å². The van der Waals surface area contributed by atoms with Gasteiger partial charge in [0.25, 0.3) is 0 Å². The SMILES string of the molecule is CCCc1ccc(OCC(CS)C(C)C)cc1. The fraction of sp³-hybridized carbons (Fsp3) is 0.600. The Kier molecular flexibility index (Phi) is 6.49. The number of aryl methyl sites for hydroxylation is 1. The zero-order chi connectivity index (χ0) is 12.7. The molecule has 0 aliphatic carbocycles. The van der Waals surface area contributed by atoms with Crippen LogP contribution in [-0.2, 0) is 6.42 Å². The summed E-state index contributed by atoms with van der Waals surface area (Å²) in [6.45, 7) is 7.39. The third-order valence-corrected chi connectivity index (χ3v) is 3.57. The summed E-state index contributed by atoms with van der Waals surface area (Å²) in [6, 6.07) is 8.45. The van der Waals surface area contributed by atoms with Gasteiger partial charge in [-0.2, -0.15) is 12.6 Å². The second-order valence-electron chi connectivity index (χ2n) is 4.89. The van der Waals surface area contributed by atoms with Crippen LogP contribution in [0.2, 0.25) is 0 Å². The van der Waals surface area contributed by atoms with Gasteiger partial charge in [-0.1, -0.05) is 39.3 Å². The molecule has 0 aliphatic rings. The Morgan fingerprint density at radius 1 is 1.18 bits per heavy atom. The largest absolute Gasteiger partial charge is 0.493 e. The summed E-state index contributed by atoms with van der Waals surface area (Å²) in [6.07, 6.45) is 2.33. The van der Waals surface area contributed by atoms with E-state index in [0.29, 0.717) is 11.8 Å². The van der Waals surface area contributed by atoms with Crippen molar-refractivity contribution in [2.45, 2.75) is 33.6 Å². The van der Waals surface area contributed by atoms with Crippen LogP contribution in [-0.4, -0.2) is 12.4 Å². The molecular weight excluding hydrogens is 228 g/mol. The van der Waals surface area contributed by atoms with Crippen LogP contribution < -0.4 is 4.74 Å². The van der Waals surface area contributed by atoms with Gasteiger partial charge < -0.3 is 4.74 Å². The van der Waals surface area contributed by atoms with Crippen LogP contribution in [0.3, 0.4) is 0 Å². The first-order valence-electron chi connectivity index (χ1n) is 6.50. The Morgan fingerprint density at radius 2 is 1.82 bits per heavy atom. The molecule has 0 spiro atoms. The van der Waals surface area contributed by atoms with Crippen LogP contribution in [0.1, 0.15) is 32.8 Å². The molecule has 96 valence electrons. The van der Waals surface area contributed by atoms with Gasteiger partial charge in [-0.15, -0.1) is 0 Å². The van der Waals surface area contributed by atoms with Crippen molar-refractivity contribution in [3.05, 3.63) is 29.8 Å². The molecule has 0 amide bonds. The summed E-state index contributed by atoms with van der Waals surface area (Å²) in [5.74, 6) is 2.99. The lowest BCUT2D eigenvalue weighted by Crippen LogP contribution is -2.19. The highest BCUT2D eigenvalue weighted by atomic mass is 32.1. The van der Waals surface area contributed by atoms with Crippen LogP contribution >= 0.6 is 12.6 Å². The summed E-state index contributed by atoms with van der Waals surface area (Å²) in [5, 5.41) is 0. The molecule has 0 heterocycles. The van der Waals surface area contributed by atoms with Crippen molar-refractivity contribution in [3.8, 4) is 5.75 Å². The Labute approximate surface area is 111 Å². The third-order valence-electron chi connectivity index (χ3n) is 3.10. The van der Waals surface area contributed by atoms with E-state index in [1.807, 2.05) is 0 Å². The maximum absolute atomic E-state index is 5.80. The van der Waals surface area contributed by atoms with Crippen molar-refractivity contribution < 1.29 is 4.74 Å². The molecule has 0 radical (unpaired) electrons. The molecule has 1 unspecified atom stereocenters. The maximum atomic E-state index is 5.80. The monoisotopic (exact) mass is 252 g/mol. The quantitative estimate of drug-likeness (QED) is 0.715. The molecule has 0 fully saturated rings. The zero-order valence-corrected chi connectivity index (χ0v) is 12.0. The molecule has 1 aromatic rings. The smallest absolute Gasteiger partial charge is 0.119 e. The Bertz CT molecular complexity index is 305. The van der Waals surface area contributed by atoms with E-state index in [1.54, 1.807) is 0 Å². The maximum Gasteiger partial charge on any atom is 0.119 e. The highest BCUT2D eigenvalue weighted by Crippen LogP contribution is 2.17. The summed E-state index contributed by atoms with van der Waals surface area (Å²) in [7, 11) is 0. The molecule has 0 saturated heterocycles. The summed E-state index contributed by atoms with van der Waals surface area (Å²) < 4.78 is 5.80. The van der Waals surface area contributed by atoms with E-state index in [9.17, 15) is 0 Å². The van der Waals surface area contributed by atoms with Gasteiger partial charge in [0.1, 0.15) is 5.75 Å². The van der Waals surface area contributed by atoms with Gasteiger partial charge in [0, 0.05) is 5.92 Å². The molecule has 2 heteroatoms. The van der Waals surface area contributed by atoms with Crippen molar-refractivity contribution in [1.29, 1.82) is 0 Å². The van der Waals surface area contributed by atoms with Gasteiger partial charge in [0.2, 0.25) is 0 Å². The van der Waals surface area contributed by atoms with Crippen LogP contribution in [0.4, 0.5) is 0 Å². The van der Waals surface area contributed by atoms with Gasteiger partial charge >= 0.3 is 0 Å². The highest BCUT2D eigenvalue weighted by Gasteiger charge is 2.12. The molecule has 0 aliphatic heterocycles. The Morgan fingerprint density at radius 3 is 2.29 bits per heavy atom. The number of rotatable bonds is 7. The lowest BCUT2D eigenvalue weighted by molar-refractivity contribution is 0.227. The summed E-state index contributed by atoms with van der Waals surface area (Å²) >= 11 is 4.37. The lowest BCUT2D eigenvalue weighted by Gasteiger charge is -2.19. The van der Waals surface area contributed by atoms with Crippen molar-refractivity contribution in [2.75, 3.05) is 12.4 Å². The second-order valence-corrected chi connectivity index (χ2v) is 5.26. The fourth-order valence-corrected chi connectivity index (χ4v) is 2.23. The van der Waals surface area contributed by atoms with E-state index in [1.165, 1.54) is 12.0 Å². The predicted molar refractivity (Wildman–Crippen MR) is 78.1 cm³/mol. The molecule has 0 saturated carbocycles. The molecule has 1 rings (SSSR count). The van der Waals surface area contributed by atoms with Crippen LogP contribution in [0.15, 0.2) is 24.3 Å². The highest BCUT2D eigenvalue weighted by molar-refractivity contribution is 7.80. The molecule has 1 atom stereocenters. The standard InChI is InChI=1S/C15H24OS/c1-4-5-13-6-8-15(9-7-13)16-10-14(11-17)12(2)3/h6-9,12,14,17H,4-5,10-11H2,1-3H3. The first-order valence-corrected chi connectivity index (χ1v) is 7.13. The minimum Gasteiger partial charge on any atom is -0.493 e. The molecule has 0 aromatic heterocycles. The van der Waals surface area contributed by atoms with E-state index < -0.39 is 0 Å². The van der Waals surface area contributed by atoms with Crippen LogP contribution in [0, 0.1) is 11.8 Å². The zero-order valence-electron chi connectivity index (χ0n) is 11.1. The topological polar surface area (TPSA) is 9.23 Å². The normalized spacial score (nSPS) is 12.8. The van der Waals surface area contributed by atoms with E-state index in [4.69, 9.17) is 4.74 Å². The number of ether oxygens (including phenoxy) is 1. The van der Waals surface area contributed by atoms with Gasteiger partial charge in [-0.05, 0) is 35.8 Å². The van der Waals surface area contributed by atoms with E-state index >= 15 is 0 Å². The predicted octanol–water partition coefficient (Wildman–Crippen LogP) is 4.22.